The summed E-state index contributed by atoms with van der Waals surface area (Å²) in [5.74, 6) is 2.64. The molecule has 2 N–H and O–H groups in total. The van der Waals surface area contributed by atoms with Crippen molar-refractivity contribution >= 4 is 0 Å². The second-order valence-electron chi connectivity index (χ2n) is 5.45. The van der Waals surface area contributed by atoms with Crippen molar-refractivity contribution in [3.63, 3.8) is 0 Å². The Morgan fingerprint density at radius 1 is 1.33 bits per heavy atom. The van der Waals surface area contributed by atoms with Crippen LogP contribution in [0.1, 0.15) is 46.0 Å². The maximum Gasteiger partial charge on any atom is 0.0838 e. The third kappa shape index (κ3) is 2.74. The molecule has 1 fully saturated rings. The lowest BCUT2D eigenvalue weighted by atomic mass is 9.68. The van der Waals surface area contributed by atoms with Gasteiger partial charge >= 0.3 is 0 Å². The smallest absolute Gasteiger partial charge is 0.0838 e. The van der Waals surface area contributed by atoms with Crippen LogP contribution in [0.2, 0.25) is 0 Å². The highest BCUT2D eigenvalue weighted by atomic mass is 16.5. The highest BCUT2D eigenvalue weighted by Gasteiger charge is 2.42. The Bertz CT molecular complexity index is 242. The molecule has 0 aromatic heterocycles. The number of terminal acetylenes is 1. The normalized spacial score (nSPS) is 25.5. The van der Waals surface area contributed by atoms with Crippen LogP contribution >= 0.6 is 0 Å². The predicted molar refractivity (Wildman–Crippen MR) is 63.4 cm³/mol. The maximum atomic E-state index is 6.13. The van der Waals surface area contributed by atoms with Crippen molar-refractivity contribution in [2.75, 3.05) is 7.11 Å². The Balaban J connectivity index is 2.68. The van der Waals surface area contributed by atoms with Gasteiger partial charge in [-0.2, -0.15) is 0 Å². The number of methoxy groups -OCH3 is 1. The van der Waals surface area contributed by atoms with Crippen LogP contribution in [0.15, 0.2) is 0 Å². The van der Waals surface area contributed by atoms with E-state index in [1.54, 1.807) is 7.11 Å². The molecule has 0 aliphatic heterocycles. The van der Waals surface area contributed by atoms with Crippen LogP contribution < -0.4 is 5.73 Å². The van der Waals surface area contributed by atoms with Gasteiger partial charge in [-0.1, -0.05) is 13.8 Å². The predicted octanol–water partition coefficient (Wildman–Crippen LogP) is 2.32. The molecule has 1 aliphatic carbocycles. The summed E-state index contributed by atoms with van der Waals surface area (Å²) in [6.07, 6.45) is 10.3. The summed E-state index contributed by atoms with van der Waals surface area (Å²) in [7, 11) is 1.76. The number of rotatable bonds is 3. The van der Waals surface area contributed by atoms with E-state index in [0.29, 0.717) is 11.8 Å². The van der Waals surface area contributed by atoms with E-state index in [1.807, 2.05) is 0 Å². The summed E-state index contributed by atoms with van der Waals surface area (Å²) in [6, 6.07) is -0.0244. The van der Waals surface area contributed by atoms with Crippen molar-refractivity contribution in [3.05, 3.63) is 0 Å². The van der Waals surface area contributed by atoms with Gasteiger partial charge in [-0.15, -0.1) is 12.3 Å². The van der Waals surface area contributed by atoms with E-state index in [4.69, 9.17) is 16.9 Å². The van der Waals surface area contributed by atoms with E-state index in [1.165, 1.54) is 12.8 Å². The van der Waals surface area contributed by atoms with Crippen LogP contribution in [0, 0.1) is 17.8 Å². The monoisotopic (exact) mass is 209 g/mol. The molecule has 0 aromatic carbocycles. The molecule has 86 valence electrons. The molecule has 0 amide bonds. The van der Waals surface area contributed by atoms with Crippen molar-refractivity contribution in [2.45, 2.75) is 57.6 Å². The molecule has 0 bridgehead atoms. The minimum Gasteiger partial charge on any atom is -0.377 e. The molecule has 2 nitrogen and oxygen atoms in total. The van der Waals surface area contributed by atoms with Gasteiger partial charge < -0.3 is 10.5 Å². The lowest BCUT2D eigenvalue weighted by Gasteiger charge is -2.45. The molecule has 15 heavy (non-hydrogen) atoms. The Hall–Kier alpha value is -0.520. The Labute approximate surface area is 93.6 Å². The topological polar surface area (TPSA) is 35.2 Å². The van der Waals surface area contributed by atoms with Gasteiger partial charge in [-0.05, 0) is 31.1 Å². The van der Waals surface area contributed by atoms with E-state index in [-0.39, 0.29) is 11.6 Å². The summed E-state index contributed by atoms with van der Waals surface area (Å²) < 4.78 is 5.67. The Kier molecular flexibility index (Phi) is 3.81. The number of ether oxygens (including phenoxy) is 1. The number of nitrogens with two attached hydrogens (primary N) is 1. The molecule has 0 aromatic rings. The van der Waals surface area contributed by atoms with Gasteiger partial charge in [0.2, 0.25) is 0 Å². The van der Waals surface area contributed by atoms with E-state index in [9.17, 15) is 0 Å². The molecule has 0 spiro atoms. The summed E-state index contributed by atoms with van der Waals surface area (Å²) in [6.45, 7) is 4.61. The molecule has 0 radical (unpaired) electrons. The average Bonchev–Trinajstić information content (AvgIpc) is 2.19. The molecule has 2 heteroatoms. The van der Waals surface area contributed by atoms with Gasteiger partial charge in [0.25, 0.3) is 0 Å². The van der Waals surface area contributed by atoms with Crippen molar-refractivity contribution in [1.82, 2.24) is 0 Å². The SMILES string of the molecule is C#CCC(N)C1(OC)CCC(C)(C)CC1. The fourth-order valence-electron chi connectivity index (χ4n) is 2.39. The first-order valence-corrected chi connectivity index (χ1v) is 5.70. The molecule has 0 heterocycles. The Morgan fingerprint density at radius 3 is 2.27 bits per heavy atom. The molecular weight excluding hydrogens is 186 g/mol. The second kappa shape index (κ2) is 4.55. The van der Waals surface area contributed by atoms with Crippen molar-refractivity contribution < 1.29 is 4.74 Å². The molecule has 1 rings (SSSR count). The van der Waals surface area contributed by atoms with Crippen LogP contribution in [0.5, 0.6) is 0 Å². The van der Waals surface area contributed by atoms with Crippen LogP contribution in [0.4, 0.5) is 0 Å². The fourth-order valence-corrected chi connectivity index (χ4v) is 2.39. The Morgan fingerprint density at radius 2 is 1.87 bits per heavy atom. The van der Waals surface area contributed by atoms with Crippen LogP contribution in [0.25, 0.3) is 0 Å². The molecule has 1 saturated carbocycles. The van der Waals surface area contributed by atoms with Crippen molar-refractivity contribution in [3.8, 4) is 12.3 Å². The quantitative estimate of drug-likeness (QED) is 0.724. The van der Waals surface area contributed by atoms with Gasteiger partial charge in [0.1, 0.15) is 0 Å². The fraction of sp³-hybridized carbons (Fsp3) is 0.846. The second-order valence-corrected chi connectivity index (χ2v) is 5.45. The maximum absolute atomic E-state index is 6.13. The minimum atomic E-state index is -0.179. The molecule has 1 unspecified atom stereocenters. The van der Waals surface area contributed by atoms with E-state index in [2.05, 4.69) is 19.8 Å². The van der Waals surface area contributed by atoms with Gasteiger partial charge in [0, 0.05) is 19.6 Å². The third-order valence-corrected chi connectivity index (χ3v) is 3.87. The third-order valence-electron chi connectivity index (χ3n) is 3.87. The minimum absolute atomic E-state index is 0.0244. The molecule has 0 saturated heterocycles. The standard InChI is InChI=1S/C13H23NO/c1-5-6-11(14)13(15-4)9-7-12(2,3)8-10-13/h1,11H,6-10,14H2,2-4H3. The number of hydrogen-bond donors (Lipinski definition) is 1. The van der Waals surface area contributed by atoms with E-state index < -0.39 is 0 Å². The highest BCUT2D eigenvalue weighted by Crippen LogP contribution is 2.43. The summed E-state index contributed by atoms with van der Waals surface area (Å²) in [5.41, 5.74) is 6.38. The lowest BCUT2D eigenvalue weighted by molar-refractivity contribution is -0.0772. The van der Waals surface area contributed by atoms with E-state index in [0.717, 1.165) is 12.8 Å². The zero-order valence-corrected chi connectivity index (χ0v) is 10.2. The van der Waals surface area contributed by atoms with Crippen molar-refractivity contribution in [2.24, 2.45) is 11.1 Å². The van der Waals surface area contributed by atoms with Crippen molar-refractivity contribution in [1.29, 1.82) is 0 Å². The van der Waals surface area contributed by atoms with Crippen LogP contribution in [-0.2, 0) is 4.74 Å². The van der Waals surface area contributed by atoms with Gasteiger partial charge in [0.05, 0.1) is 5.60 Å². The van der Waals surface area contributed by atoms with Gasteiger partial charge in [0.15, 0.2) is 0 Å². The lowest BCUT2D eigenvalue weighted by Crippen LogP contribution is -2.52. The van der Waals surface area contributed by atoms with Gasteiger partial charge in [-0.25, -0.2) is 0 Å². The first-order valence-electron chi connectivity index (χ1n) is 5.70. The molecule has 1 atom stereocenters. The number of hydrogen-bond acceptors (Lipinski definition) is 2. The first-order chi connectivity index (χ1) is 6.96. The van der Waals surface area contributed by atoms with Crippen LogP contribution in [0.3, 0.4) is 0 Å². The molecular formula is C13H23NO. The van der Waals surface area contributed by atoms with E-state index >= 15 is 0 Å². The zero-order chi connectivity index (χ0) is 11.5. The average molecular weight is 209 g/mol. The van der Waals surface area contributed by atoms with Gasteiger partial charge in [-0.3, -0.25) is 0 Å². The highest BCUT2D eigenvalue weighted by molar-refractivity contribution is 5.02. The van der Waals surface area contributed by atoms with Crippen LogP contribution in [-0.4, -0.2) is 18.8 Å². The summed E-state index contributed by atoms with van der Waals surface area (Å²) in [4.78, 5) is 0. The summed E-state index contributed by atoms with van der Waals surface area (Å²) in [5, 5.41) is 0. The first kappa shape index (κ1) is 12.5. The zero-order valence-electron chi connectivity index (χ0n) is 10.2. The summed E-state index contributed by atoms with van der Waals surface area (Å²) >= 11 is 0. The largest absolute Gasteiger partial charge is 0.377 e. The molecule has 1 aliphatic rings.